The second-order valence-corrected chi connectivity index (χ2v) is 6.95. The lowest BCUT2D eigenvalue weighted by Crippen LogP contribution is -2.24. The zero-order chi connectivity index (χ0) is 18.7. The normalized spacial score (nSPS) is 11.4. The summed E-state index contributed by atoms with van der Waals surface area (Å²) in [5.41, 5.74) is 0.210. The molecule has 0 atom stereocenters. The van der Waals surface area contributed by atoms with Gasteiger partial charge < -0.3 is 9.63 Å². The third kappa shape index (κ3) is 3.92. The first-order chi connectivity index (χ1) is 12.3. The lowest BCUT2D eigenvalue weighted by Gasteiger charge is -2.05. The third-order valence-electron chi connectivity index (χ3n) is 3.35. The molecule has 0 saturated heterocycles. The Bertz CT molecular complexity index is 1070. The second-order valence-electron chi connectivity index (χ2n) is 5.18. The number of nitrogens with zero attached hydrogens (tertiary/aromatic N) is 2. The van der Waals surface area contributed by atoms with Crippen LogP contribution < -0.4 is 4.72 Å². The maximum Gasteiger partial charge on any atom is 0.335 e. The van der Waals surface area contributed by atoms with E-state index in [0.29, 0.717) is 5.56 Å². The predicted octanol–water partition coefficient (Wildman–Crippen LogP) is 2.05. The standard InChI is InChI=1S/C16H12FN3O5S/c17-12-5-1-3-10(7-12)15-19-14(20-25-15)9-18-26(23,24)13-6-2-4-11(8-13)16(21)22/h1-8,18H,9H2,(H,21,22). The van der Waals surface area contributed by atoms with E-state index in [1.165, 1.54) is 36.4 Å². The van der Waals surface area contributed by atoms with Crippen LogP contribution in [0.3, 0.4) is 0 Å². The highest BCUT2D eigenvalue weighted by Crippen LogP contribution is 2.18. The summed E-state index contributed by atoms with van der Waals surface area (Å²) in [7, 11) is -3.97. The van der Waals surface area contributed by atoms with Crippen LogP contribution in [0.4, 0.5) is 4.39 Å². The number of aromatic nitrogens is 2. The fraction of sp³-hybridized carbons (Fsp3) is 0.0625. The number of rotatable bonds is 6. The summed E-state index contributed by atoms with van der Waals surface area (Å²) in [6.45, 7) is -0.279. The van der Waals surface area contributed by atoms with Crippen LogP contribution in [0, 0.1) is 5.82 Å². The Morgan fingerprint density at radius 1 is 1.19 bits per heavy atom. The zero-order valence-electron chi connectivity index (χ0n) is 13.1. The van der Waals surface area contributed by atoms with Crippen molar-refractivity contribution >= 4 is 16.0 Å². The summed E-state index contributed by atoms with van der Waals surface area (Å²) in [6.07, 6.45) is 0. The van der Waals surface area contributed by atoms with Crippen LogP contribution in [-0.2, 0) is 16.6 Å². The number of hydrogen-bond acceptors (Lipinski definition) is 6. The number of halogens is 1. The van der Waals surface area contributed by atoms with Gasteiger partial charge in [-0.25, -0.2) is 22.3 Å². The van der Waals surface area contributed by atoms with Gasteiger partial charge in [-0.05, 0) is 36.4 Å². The maximum absolute atomic E-state index is 13.2. The average molecular weight is 377 g/mol. The molecular formula is C16H12FN3O5S. The molecule has 0 aliphatic carbocycles. The van der Waals surface area contributed by atoms with Crippen LogP contribution in [0.15, 0.2) is 57.9 Å². The highest BCUT2D eigenvalue weighted by Gasteiger charge is 2.18. The van der Waals surface area contributed by atoms with Gasteiger partial charge in [0.15, 0.2) is 5.82 Å². The number of aromatic carboxylic acids is 1. The minimum atomic E-state index is -3.97. The molecule has 3 aromatic rings. The summed E-state index contributed by atoms with van der Waals surface area (Å²) < 4.78 is 45.0. The van der Waals surface area contributed by atoms with E-state index in [0.717, 1.165) is 6.07 Å². The van der Waals surface area contributed by atoms with E-state index in [4.69, 9.17) is 9.63 Å². The van der Waals surface area contributed by atoms with Crippen molar-refractivity contribution in [3.63, 3.8) is 0 Å². The SMILES string of the molecule is O=C(O)c1cccc(S(=O)(=O)NCc2noc(-c3cccc(F)c3)n2)c1. The first kappa shape index (κ1) is 17.7. The van der Waals surface area contributed by atoms with Gasteiger partial charge >= 0.3 is 5.97 Å². The van der Waals surface area contributed by atoms with E-state index in [2.05, 4.69) is 14.9 Å². The second kappa shape index (κ2) is 7.02. The van der Waals surface area contributed by atoms with Crippen LogP contribution in [0.5, 0.6) is 0 Å². The molecule has 0 unspecified atom stereocenters. The van der Waals surface area contributed by atoms with Crippen molar-refractivity contribution in [2.45, 2.75) is 11.4 Å². The number of benzene rings is 2. The molecule has 3 rings (SSSR count). The van der Waals surface area contributed by atoms with Gasteiger partial charge in [0.1, 0.15) is 5.82 Å². The summed E-state index contributed by atoms with van der Waals surface area (Å²) in [5, 5.41) is 12.6. The Kier molecular flexibility index (Phi) is 4.78. The van der Waals surface area contributed by atoms with Crippen LogP contribution >= 0.6 is 0 Å². The number of nitrogens with one attached hydrogen (secondary N) is 1. The third-order valence-corrected chi connectivity index (χ3v) is 4.75. The van der Waals surface area contributed by atoms with Gasteiger partial charge in [0, 0.05) is 5.56 Å². The Balaban J connectivity index is 1.74. The molecule has 134 valence electrons. The van der Waals surface area contributed by atoms with E-state index in [1.807, 2.05) is 0 Å². The molecule has 0 aliphatic rings. The van der Waals surface area contributed by atoms with Crippen molar-refractivity contribution < 1.29 is 27.2 Å². The molecular weight excluding hydrogens is 365 g/mol. The van der Waals surface area contributed by atoms with Crippen molar-refractivity contribution in [2.24, 2.45) is 0 Å². The zero-order valence-corrected chi connectivity index (χ0v) is 13.9. The number of hydrogen-bond donors (Lipinski definition) is 2. The molecule has 1 heterocycles. The number of sulfonamides is 1. The highest BCUT2D eigenvalue weighted by molar-refractivity contribution is 7.89. The largest absolute Gasteiger partial charge is 0.478 e. The minimum Gasteiger partial charge on any atom is -0.478 e. The van der Waals surface area contributed by atoms with Crippen molar-refractivity contribution in [1.82, 2.24) is 14.9 Å². The van der Waals surface area contributed by atoms with E-state index in [-0.39, 0.29) is 28.7 Å². The van der Waals surface area contributed by atoms with Gasteiger partial charge in [0.2, 0.25) is 10.0 Å². The number of carboxylic acids is 1. The molecule has 0 spiro atoms. The maximum atomic E-state index is 13.2. The van der Waals surface area contributed by atoms with Crippen molar-refractivity contribution in [3.8, 4) is 11.5 Å². The van der Waals surface area contributed by atoms with Crippen LogP contribution in [0.1, 0.15) is 16.2 Å². The first-order valence-electron chi connectivity index (χ1n) is 7.27. The minimum absolute atomic E-state index is 0.0437. The average Bonchev–Trinajstić information content (AvgIpc) is 3.09. The smallest absolute Gasteiger partial charge is 0.335 e. The fourth-order valence-electron chi connectivity index (χ4n) is 2.10. The molecule has 0 amide bonds. The van der Waals surface area contributed by atoms with Gasteiger partial charge in [0.05, 0.1) is 17.0 Å². The molecule has 10 heteroatoms. The Labute approximate surface area is 147 Å². The molecule has 2 N–H and O–H groups in total. The van der Waals surface area contributed by atoms with Gasteiger partial charge in [-0.1, -0.05) is 17.3 Å². The van der Waals surface area contributed by atoms with Crippen LogP contribution in [0.2, 0.25) is 0 Å². The molecule has 0 radical (unpaired) electrons. The monoisotopic (exact) mass is 377 g/mol. The first-order valence-corrected chi connectivity index (χ1v) is 8.75. The summed E-state index contributed by atoms with van der Waals surface area (Å²) in [6, 6.07) is 10.4. The summed E-state index contributed by atoms with van der Waals surface area (Å²) >= 11 is 0. The highest BCUT2D eigenvalue weighted by atomic mass is 32.2. The summed E-state index contributed by atoms with van der Waals surface area (Å²) in [5.74, 6) is -1.62. The van der Waals surface area contributed by atoms with Gasteiger partial charge in [0.25, 0.3) is 5.89 Å². The quantitative estimate of drug-likeness (QED) is 0.674. The topological polar surface area (TPSA) is 122 Å². The van der Waals surface area contributed by atoms with Crippen LogP contribution in [0.25, 0.3) is 11.5 Å². The van der Waals surface area contributed by atoms with Gasteiger partial charge in [-0.3, -0.25) is 0 Å². The molecule has 2 aromatic carbocycles. The van der Waals surface area contributed by atoms with Gasteiger partial charge in [-0.15, -0.1) is 0 Å². The Morgan fingerprint density at radius 3 is 2.69 bits per heavy atom. The predicted molar refractivity (Wildman–Crippen MR) is 87.1 cm³/mol. The number of carboxylic acid groups (broad SMARTS) is 1. The lowest BCUT2D eigenvalue weighted by molar-refractivity contribution is 0.0696. The van der Waals surface area contributed by atoms with E-state index in [1.54, 1.807) is 6.07 Å². The molecule has 0 aliphatic heterocycles. The molecule has 26 heavy (non-hydrogen) atoms. The molecule has 0 fully saturated rings. The van der Waals surface area contributed by atoms with E-state index >= 15 is 0 Å². The van der Waals surface area contributed by atoms with E-state index < -0.39 is 21.8 Å². The Morgan fingerprint density at radius 2 is 1.96 bits per heavy atom. The molecule has 1 aromatic heterocycles. The molecule has 8 nitrogen and oxygen atoms in total. The van der Waals surface area contributed by atoms with Crippen molar-refractivity contribution in [3.05, 3.63) is 65.7 Å². The number of carbonyl (C=O) groups is 1. The fourth-order valence-corrected chi connectivity index (χ4v) is 3.13. The van der Waals surface area contributed by atoms with Gasteiger partial charge in [-0.2, -0.15) is 4.98 Å². The van der Waals surface area contributed by atoms with E-state index in [9.17, 15) is 17.6 Å². The van der Waals surface area contributed by atoms with Crippen molar-refractivity contribution in [1.29, 1.82) is 0 Å². The summed E-state index contributed by atoms with van der Waals surface area (Å²) in [4.78, 5) is 14.7. The Hall–Kier alpha value is -3.11. The lowest BCUT2D eigenvalue weighted by atomic mass is 10.2. The van der Waals surface area contributed by atoms with Crippen molar-refractivity contribution in [2.75, 3.05) is 0 Å². The molecule has 0 bridgehead atoms. The van der Waals surface area contributed by atoms with Crippen LogP contribution in [-0.4, -0.2) is 29.6 Å². The molecule has 0 saturated carbocycles.